The molecule has 0 atom stereocenters. The molecule has 4 rings (SSSR count). The normalized spacial score (nSPS) is 15.4. The average molecular weight is 366 g/mol. The molecule has 26 heavy (non-hydrogen) atoms. The standard InChI is InChI=1S/C21H23N3OS/c1-14-6-5-7-15(2)19(14)23-21(25)24-12-10-16(11-13-24)20-22-17-8-3-4-9-18(17)26-20/h3-9,16H,10-13H2,1-2H3,(H,23,25). The molecule has 2 heterocycles. The molecule has 4 nitrogen and oxygen atoms in total. The number of nitrogens with one attached hydrogen (secondary N) is 1. The maximum absolute atomic E-state index is 12.7. The third kappa shape index (κ3) is 3.31. The topological polar surface area (TPSA) is 45.2 Å². The third-order valence-corrected chi connectivity index (χ3v) is 6.35. The van der Waals surface area contributed by atoms with Crippen LogP contribution in [0, 0.1) is 13.8 Å². The van der Waals surface area contributed by atoms with Gasteiger partial charge in [0.1, 0.15) is 0 Å². The average Bonchev–Trinajstić information content (AvgIpc) is 3.09. The molecule has 1 aliphatic rings. The minimum absolute atomic E-state index is 0.00477. The van der Waals surface area contributed by atoms with E-state index in [0.29, 0.717) is 5.92 Å². The molecule has 134 valence electrons. The fourth-order valence-electron chi connectivity index (χ4n) is 3.59. The summed E-state index contributed by atoms with van der Waals surface area (Å²) in [5.74, 6) is 0.455. The van der Waals surface area contributed by atoms with Crippen LogP contribution in [-0.4, -0.2) is 29.0 Å². The molecule has 2 amide bonds. The van der Waals surface area contributed by atoms with Crippen LogP contribution in [0.4, 0.5) is 10.5 Å². The molecule has 1 N–H and O–H groups in total. The van der Waals surface area contributed by atoms with Crippen LogP contribution in [0.25, 0.3) is 10.2 Å². The van der Waals surface area contributed by atoms with E-state index in [9.17, 15) is 4.79 Å². The number of carbonyl (C=O) groups is 1. The maximum atomic E-state index is 12.7. The van der Waals surface area contributed by atoms with Gasteiger partial charge in [0.15, 0.2) is 0 Å². The number of benzene rings is 2. The lowest BCUT2D eigenvalue weighted by molar-refractivity contribution is 0.194. The van der Waals surface area contributed by atoms with Crippen LogP contribution in [0.3, 0.4) is 0 Å². The van der Waals surface area contributed by atoms with Gasteiger partial charge in [0.25, 0.3) is 0 Å². The summed E-state index contributed by atoms with van der Waals surface area (Å²) in [4.78, 5) is 19.4. The molecule has 1 aromatic heterocycles. The molecular weight excluding hydrogens is 342 g/mol. The van der Waals surface area contributed by atoms with Crippen molar-refractivity contribution in [3.63, 3.8) is 0 Å². The van der Waals surface area contributed by atoms with Gasteiger partial charge in [-0.1, -0.05) is 30.3 Å². The first-order valence-corrected chi connectivity index (χ1v) is 9.91. The van der Waals surface area contributed by atoms with Crippen LogP contribution >= 0.6 is 11.3 Å². The van der Waals surface area contributed by atoms with Crippen molar-refractivity contribution in [1.82, 2.24) is 9.88 Å². The van der Waals surface area contributed by atoms with E-state index in [4.69, 9.17) is 4.98 Å². The van der Waals surface area contributed by atoms with E-state index in [1.807, 2.05) is 43.0 Å². The molecule has 2 aromatic carbocycles. The van der Waals surface area contributed by atoms with Crippen LogP contribution in [0.1, 0.15) is 34.9 Å². The van der Waals surface area contributed by atoms with E-state index in [0.717, 1.165) is 48.3 Å². The Balaban J connectivity index is 1.40. The summed E-state index contributed by atoms with van der Waals surface area (Å²) in [5, 5.41) is 4.31. The number of likely N-dealkylation sites (tertiary alicyclic amines) is 1. The number of amides is 2. The molecule has 0 saturated carbocycles. The number of rotatable bonds is 2. The summed E-state index contributed by atoms with van der Waals surface area (Å²) in [7, 11) is 0. The van der Waals surface area contributed by atoms with Crippen LogP contribution < -0.4 is 5.32 Å². The largest absolute Gasteiger partial charge is 0.324 e. The minimum atomic E-state index is 0.00477. The maximum Gasteiger partial charge on any atom is 0.321 e. The molecule has 0 aliphatic carbocycles. The van der Waals surface area contributed by atoms with E-state index >= 15 is 0 Å². The minimum Gasteiger partial charge on any atom is -0.324 e. The zero-order valence-electron chi connectivity index (χ0n) is 15.2. The van der Waals surface area contributed by atoms with Gasteiger partial charge in [0.05, 0.1) is 15.2 Å². The summed E-state index contributed by atoms with van der Waals surface area (Å²) < 4.78 is 1.25. The number of thiazole rings is 1. The number of hydrogen-bond acceptors (Lipinski definition) is 3. The van der Waals surface area contributed by atoms with Gasteiger partial charge in [0.2, 0.25) is 0 Å². The first kappa shape index (κ1) is 17.0. The van der Waals surface area contributed by atoms with E-state index in [2.05, 4.69) is 23.5 Å². The number of anilines is 1. The molecule has 5 heteroatoms. The second-order valence-electron chi connectivity index (χ2n) is 6.98. The fraction of sp³-hybridized carbons (Fsp3) is 0.333. The Kier molecular flexibility index (Phi) is 4.64. The van der Waals surface area contributed by atoms with Crippen molar-refractivity contribution in [2.45, 2.75) is 32.6 Å². The second-order valence-corrected chi connectivity index (χ2v) is 8.04. The van der Waals surface area contributed by atoms with Crippen molar-refractivity contribution in [3.05, 3.63) is 58.6 Å². The summed E-state index contributed by atoms with van der Waals surface area (Å²) >= 11 is 1.79. The fourth-order valence-corrected chi connectivity index (χ4v) is 4.73. The second kappa shape index (κ2) is 7.08. The number of hydrogen-bond donors (Lipinski definition) is 1. The first-order valence-electron chi connectivity index (χ1n) is 9.09. The summed E-state index contributed by atoms with van der Waals surface area (Å²) in [6, 6.07) is 14.4. The number of aromatic nitrogens is 1. The van der Waals surface area contributed by atoms with Gasteiger partial charge in [-0.05, 0) is 49.9 Å². The molecule has 0 radical (unpaired) electrons. The highest BCUT2D eigenvalue weighted by Gasteiger charge is 2.26. The van der Waals surface area contributed by atoms with Crippen LogP contribution in [0.5, 0.6) is 0 Å². The van der Waals surface area contributed by atoms with Gasteiger partial charge in [-0.15, -0.1) is 11.3 Å². The highest BCUT2D eigenvalue weighted by molar-refractivity contribution is 7.18. The molecule has 1 aliphatic heterocycles. The Morgan fingerprint density at radius 2 is 1.77 bits per heavy atom. The predicted octanol–water partition coefficient (Wildman–Crippen LogP) is 5.32. The number of aryl methyl sites for hydroxylation is 2. The van der Waals surface area contributed by atoms with Crippen molar-refractivity contribution < 1.29 is 4.79 Å². The Labute approximate surface area is 157 Å². The number of fused-ring (bicyclic) bond motifs is 1. The Hall–Kier alpha value is -2.40. The van der Waals surface area contributed by atoms with Crippen LogP contribution in [0.2, 0.25) is 0 Å². The lowest BCUT2D eigenvalue weighted by atomic mass is 9.98. The Morgan fingerprint density at radius 1 is 1.08 bits per heavy atom. The molecule has 3 aromatic rings. The molecular formula is C21H23N3OS. The van der Waals surface area contributed by atoms with E-state index in [1.54, 1.807) is 11.3 Å². The highest BCUT2D eigenvalue weighted by atomic mass is 32.1. The molecule has 0 spiro atoms. The lowest BCUT2D eigenvalue weighted by Gasteiger charge is -2.31. The van der Waals surface area contributed by atoms with E-state index in [1.165, 1.54) is 9.71 Å². The summed E-state index contributed by atoms with van der Waals surface area (Å²) in [6.45, 7) is 5.61. The molecule has 1 fully saturated rings. The SMILES string of the molecule is Cc1cccc(C)c1NC(=O)N1CCC(c2nc3ccccc3s2)CC1. The lowest BCUT2D eigenvalue weighted by Crippen LogP contribution is -2.40. The van der Waals surface area contributed by atoms with E-state index in [-0.39, 0.29) is 6.03 Å². The van der Waals surface area contributed by atoms with Gasteiger partial charge < -0.3 is 10.2 Å². The molecule has 0 bridgehead atoms. The predicted molar refractivity (Wildman–Crippen MR) is 108 cm³/mol. The first-order chi connectivity index (χ1) is 12.6. The quantitative estimate of drug-likeness (QED) is 0.667. The smallest absolute Gasteiger partial charge is 0.321 e. The molecule has 0 unspecified atom stereocenters. The molecule has 1 saturated heterocycles. The summed E-state index contributed by atoms with van der Waals surface area (Å²) in [6.07, 6.45) is 1.94. The third-order valence-electron chi connectivity index (χ3n) is 5.15. The zero-order chi connectivity index (χ0) is 18.1. The van der Waals surface area contributed by atoms with E-state index < -0.39 is 0 Å². The number of urea groups is 1. The van der Waals surface area contributed by atoms with Crippen LogP contribution in [-0.2, 0) is 0 Å². The van der Waals surface area contributed by atoms with Gasteiger partial charge in [-0.2, -0.15) is 0 Å². The van der Waals surface area contributed by atoms with Crippen molar-refractivity contribution in [2.24, 2.45) is 0 Å². The van der Waals surface area contributed by atoms with Crippen LogP contribution in [0.15, 0.2) is 42.5 Å². The van der Waals surface area contributed by atoms with Crippen molar-refractivity contribution in [3.8, 4) is 0 Å². The van der Waals surface area contributed by atoms with Crippen molar-refractivity contribution in [1.29, 1.82) is 0 Å². The monoisotopic (exact) mass is 365 g/mol. The van der Waals surface area contributed by atoms with Gasteiger partial charge in [-0.25, -0.2) is 9.78 Å². The van der Waals surface area contributed by atoms with Gasteiger partial charge >= 0.3 is 6.03 Å². The Bertz CT molecular complexity index is 888. The number of carbonyl (C=O) groups excluding carboxylic acids is 1. The van der Waals surface area contributed by atoms with Crippen molar-refractivity contribution >= 4 is 33.3 Å². The number of piperidine rings is 1. The van der Waals surface area contributed by atoms with Gasteiger partial charge in [-0.3, -0.25) is 0 Å². The Morgan fingerprint density at radius 3 is 2.46 bits per heavy atom. The zero-order valence-corrected chi connectivity index (χ0v) is 16.0. The number of nitrogens with zero attached hydrogens (tertiary/aromatic N) is 2. The highest BCUT2D eigenvalue weighted by Crippen LogP contribution is 2.34. The number of para-hydroxylation sites is 2. The van der Waals surface area contributed by atoms with Crippen molar-refractivity contribution in [2.75, 3.05) is 18.4 Å². The summed E-state index contributed by atoms with van der Waals surface area (Å²) in [5.41, 5.74) is 4.22. The van der Waals surface area contributed by atoms with Gasteiger partial charge in [0, 0.05) is 24.7 Å².